The lowest BCUT2D eigenvalue weighted by molar-refractivity contribution is -0.117. The number of rotatable bonds is 3. The van der Waals surface area contributed by atoms with Crippen molar-refractivity contribution < 1.29 is 9.90 Å². The molecule has 0 aliphatic carbocycles. The van der Waals surface area contributed by atoms with Crippen LogP contribution in [0.1, 0.15) is 18.4 Å². The molecule has 0 bridgehead atoms. The van der Waals surface area contributed by atoms with Crippen LogP contribution in [0.2, 0.25) is 0 Å². The van der Waals surface area contributed by atoms with Gasteiger partial charge in [-0.15, -0.1) is 0 Å². The Balaban J connectivity index is 1.83. The maximum atomic E-state index is 11.8. The van der Waals surface area contributed by atoms with Gasteiger partial charge in [0.15, 0.2) is 0 Å². The van der Waals surface area contributed by atoms with E-state index in [1.807, 2.05) is 30.3 Å². The Morgan fingerprint density at radius 1 is 1.14 bits per heavy atom. The molecule has 3 rings (SSSR count). The minimum atomic E-state index is 0.164. The molecular formula is C17H16N2O2. The molecule has 4 nitrogen and oxygen atoms in total. The van der Waals surface area contributed by atoms with Crippen LogP contribution in [0.3, 0.4) is 0 Å². The molecule has 0 atom stereocenters. The van der Waals surface area contributed by atoms with Crippen LogP contribution < -0.4 is 4.90 Å². The molecule has 2 aromatic rings. The number of amides is 1. The van der Waals surface area contributed by atoms with Crippen LogP contribution in [0.25, 0.3) is 0 Å². The second-order valence-electron chi connectivity index (χ2n) is 4.99. The van der Waals surface area contributed by atoms with Gasteiger partial charge in [0, 0.05) is 30.4 Å². The molecule has 1 amide bonds. The summed E-state index contributed by atoms with van der Waals surface area (Å²) in [6.07, 6.45) is 3.15. The summed E-state index contributed by atoms with van der Waals surface area (Å²) in [5, 5.41) is 9.71. The maximum absolute atomic E-state index is 11.8. The second kappa shape index (κ2) is 5.79. The van der Waals surface area contributed by atoms with Crippen molar-refractivity contribution in [2.75, 3.05) is 11.4 Å². The number of phenolic OH excluding ortho intramolecular Hbond substituents is 1. The van der Waals surface area contributed by atoms with Crippen LogP contribution in [0.5, 0.6) is 5.75 Å². The first-order valence-corrected chi connectivity index (χ1v) is 6.96. The number of aliphatic imine (C=N–C) groups is 1. The van der Waals surface area contributed by atoms with E-state index in [-0.39, 0.29) is 11.7 Å². The molecule has 1 aliphatic rings. The minimum absolute atomic E-state index is 0.164. The SMILES string of the molecule is O=C1CCCN1c1cccc(N=Cc2ccccc2O)c1. The zero-order valence-corrected chi connectivity index (χ0v) is 11.6. The Bertz CT molecular complexity index is 695. The van der Waals surface area contributed by atoms with Crippen molar-refractivity contribution in [3.05, 3.63) is 54.1 Å². The van der Waals surface area contributed by atoms with Gasteiger partial charge >= 0.3 is 0 Å². The van der Waals surface area contributed by atoms with E-state index < -0.39 is 0 Å². The number of aromatic hydroxyl groups is 1. The average molecular weight is 280 g/mol. The molecule has 1 heterocycles. The van der Waals surface area contributed by atoms with Gasteiger partial charge < -0.3 is 10.0 Å². The number of phenols is 1. The number of para-hydroxylation sites is 1. The van der Waals surface area contributed by atoms with Gasteiger partial charge in [-0.1, -0.05) is 18.2 Å². The third kappa shape index (κ3) is 2.94. The van der Waals surface area contributed by atoms with E-state index in [0.717, 1.165) is 24.3 Å². The van der Waals surface area contributed by atoms with Crippen LogP contribution in [0.15, 0.2) is 53.5 Å². The summed E-state index contributed by atoms with van der Waals surface area (Å²) in [5.74, 6) is 0.365. The first kappa shape index (κ1) is 13.4. The molecule has 2 aromatic carbocycles. The molecule has 1 fully saturated rings. The summed E-state index contributed by atoms with van der Waals surface area (Å²) in [7, 11) is 0. The highest BCUT2D eigenvalue weighted by Gasteiger charge is 2.21. The fraction of sp³-hybridized carbons (Fsp3) is 0.176. The lowest BCUT2D eigenvalue weighted by Gasteiger charge is -2.15. The van der Waals surface area contributed by atoms with Crippen LogP contribution in [0.4, 0.5) is 11.4 Å². The van der Waals surface area contributed by atoms with E-state index in [1.165, 1.54) is 0 Å². The maximum Gasteiger partial charge on any atom is 0.227 e. The topological polar surface area (TPSA) is 52.9 Å². The van der Waals surface area contributed by atoms with Crippen molar-refractivity contribution in [1.82, 2.24) is 0 Å². The van der Waals surface area contributed by atoms with E-state index in [4.69, 9.17) is 0 Å². The van der Waals surface area contributed by atoms with Crippen molar-refractivity contribution in [1.29, 1.82) is 0 Å². The van der Waals surface area contributed by atoms with Crippen LogP contribution in [-0.4, -0.2) is 23.8 Å². The molecule has 4 heteroatoms. The van der Waals surface area contributed by atoms with Gasteiger partial charge in [-0.25, -0.2) is 0 Å². The summed E-state index contributed by atoms with van der Waals surface area (Å²) < 4.78 is 0. The predicted octanol–water partition coefficient (Wildman–Crippen LogP) is 3.27. The number of hydrogen-bond donors (Lipinski definition) is 1. The van der Waals surface area contributed by atoms with Gasteiger partial charge in [-0.3, -0.25) is 9.79 Å². The minimum Gasteiger partial charge on any atom is -0.507 e. The molecule has 0 radical (unpaired) electrons. The summed E-state index contributed by atoms with van der Waals surface area (Å²) in [6.45, 7) is 0.769. The van der Waals surface area contributed by atoms with Gasteiger partial charge in [-0.05, 0) is 36.8 Å². The number of hydrogen-bond acceptors (Lipinski definition) is 3. The summed E-state index contributed by atoms with van der Waals surface area (Å²) in [5.41, 5.74) is 2.31. The molecule has 0 spiro atoms. The van der Waals surface area contributed by atoms with Gasteiger partial charge in [0.2, 0.25) is 5.91 Å². The molecule has 1 N–H and O–H groups in total. The highest BCUT2D eigenvalue weighted by molar-refractivity contribution is 5.95. The van der Waals surface area contributed by atoms with E-state index in [1.54, 1.807) is 29.3 Å². The fourth-order valence-electron chi connectivity index (χ4n) is 2.40. The van der Waals surface area contributed by atoms with Gasteiger partial charge in [0.05, 0.1) is 5.69 Å². The number of benzene rings is 2. The zero-order valence-electron chi connectivity index (χ0n) is 11.6. The first-order valence-electron chi connectivity index (χ1n) is 6.96. The van der Waals surface area contributed by atoms with Crippen molar-refractivity contribution in [2.24, 2.45) is 4.99 Å². The van der Waals surface area contributed by atoms with Crippen molar-refractivity contribution in [2.45, 2.75) is 12.8 Å². The molecular weight excluding hydrogens is 264 g/mol. The standard InChI is InChI=1S/C17H16N2O2/c20-16-8-2-1-5-13(16)12-18-14-6-3-7-15(11-14)19-10-4-9-17(19)21/h1-3,5-8,11-12,20H,4,9-10H2. The van der Waals surface area contributed by atoms with Crippen molar-refractivity contribution >= 4 is 23.5 Å². The lowest BCUT2D eigenvalue weighted by Crippen LogP contribution is -2.23. The molecule has 0 unspecified atom stereocenters. The third-order valence-corrected chi connectivity index (χ3v) is 3.50. The number of carbonyl (C=O) groups excluding carboxylic acids is 1. The Morgan fingerprint density at radius 3 is 2.76 bits per heavy atom. The van der Waals surface area contributed by atoms with E-state index in [9.17, 15) is 9.90 Å². The van der Waals surface area contributed by atoms with E-state index in [2.05, 4.69) is 4.99 Å². The van der Waals surface area contributed by atoms with Crippen molar-refractivity contribution in [3.63, 3.8) is 0 Å². The van der Waals surface area contributed by atoms with E-state index >= 15 is 0 Å². The molecule has 0 saturated carbocycles. The average Bonchev–Trinajstić information content (AvgIpc) is 2.93. The highest BCUT2D eigenvalue weighted by atomic mass is 16.3. The van der Waals surface area contributed by atoms with Crippen LogP contribution in [-0.2, 0) is 4.79 Å². The Morgan fingerprint density at radius 2 is 2.00 bits per heavy atom. The molecule has 1 saturated heterocycles. The summed E-state index contributed by atoms with van der Waals surface area (Å²) >= 11 is 0. The van der Waals surface area contributed by atoms with Gasteiger partial charge in [-0.2, -0.15) is 0 Å². The zero-order chi connectivity index (χ0) is 14.7. The summed E-state index contributed by atoms with van der Waals surface area (Å²) in [6, 6.07) is 14.6. The van der Waals surface area contributed by atoms with Gasteiger partial charge in [0.1, 0.15) is 5.75 Å². The number of nitrogens with zero attached hydrogens (tertiary/aromatic N) is 2. The van der Waals surface area contributed by atoms with Crippen LogP contribution >= 0.6 is 0 Å². The Hall–Kier alpha value is -2.62. The monoisotopic (exact) mass is 280 g/mol. The van der Waals surface area contributed by atoms with Crippen molar-refractivity contribution in [3.8, 4) is 5.75 Å². The van der Waals surface area contributed by atoms with Crippen LogP contribution in [0, 0.1) is 0 Å². The Labute approximate surface area is 123 Å². The molecule has 106 valence electrons. The normalized spacial score (nSPS) is 15.0. The third-order valence-electron chi connectivity index (χ3n) is 3.50. The van der Waals surface area contributed by atoms with E-state index in [0.29, 0.717) is 12.0 Å². The first-order chi connectivity index (χ1) is 10.2. The van der Waals surface area contributed by atoms with Gasteiger partial charge in [0.25, 0.3) is 0 Å². The molecule has 1 aliphatic heterocycles. The Kier molecular flexibility index (Phi) is 3.69. The molecule has 21 heavy (non-hydrogen) atoms. The number of anilines is 1. The smallest absolute Gasteiger partial charge is 0.227 e. The fourth-order valence-corrected chi connectivity index (χ4v) is 2.40. The highest BCUT2D eigenvalue weighted by Crippen LogP contribution is 2.25. The summed E-state index contributed by atoms with van der Waals surface area (Å²) in [4.78, 5) is 17.9. The predicted molar refractivity (Wildman–Crippen MR) is 83.4 cm³/mol. The molecule has 0 aromatic heterocycles. The largest absolute Gasteiger partial charge is 0.507 e. The quantitative estimate of drug-likeness (QED) is 0.877. The second-order valence-corrected chi connectivity index (χ2v) is 4.99. The number of carbonyl (C=O) groups is 1. The lowest BCUT2D eigenvalue weighted by atomic mass is 10.2.